The number of fused-ring (bicyclic) bond motifs is 1. The summed E-state index contributed by atoms with van der Waals surface area (Å²) >= 11 is 0. The van der Waals surface area contributed by atoms with E-state index in [1.54, 1.807) is 4.90 Å². The summed E-state index contributed by atoms with van der Waals surface area (Å²) in [6.45, 7) is 7.11. The topological polar surface area (TPSA) is 44.4 Å². The van der Waals surface area contributed by atoms with Crippen molar-refractivity contribution in [1.82, 2.24) is 15.5 Å². The van der Waals surface area contributed by atoms with E-state index in [1.807, 2.05) is 13.8 Å². The van der Waals surface area contributed by atoms with Crippen LogP contribution in [0.5, 0.6) is 0 Å². The molecule has 1 heterocycles. The highest BCUT2D eigenvalue weighted by Gasteiger charge is 2.20. The summed E-state index contributed by atoms with van der Waals surface area (Å²) < 4.78 is 0. The van der Waals surface area contributed by atoms with Gasteiger partial charge in [-0.3, -0.25) is 0 Å². The molecule has 19 heavy (non-hydrogen) atoms. The Kier molecular flexibility index (Phi) is 4.80. The van der Waals surface area contributed by atoms with Gasteiger partial charge in [-0.1, -0.05) is 24.3 Å². The smallest absolute Gasteiger partial charge is 0.317 e. The molecular formula is C15H23N3O. The van der Waals surface area contributed by atoms with Crippen molar-refractivity contribution in [3.05, 3.63) is 35.4 Å². The van der Waals surface area contributed by atoms with Crippen LogP contribution in [0.4, 0.5) is 4.79 Å². The molecule has 4 nitrogen and oxygen atoms in total. The van der Waals surface area contributed by atoms with Crippen LogP contribution in [-0.2, 0) is 6.42 Å². The number of rotatable bonds is 4. The predicted molar refractivity (Wildman–Crippen MR) is 77.2 cm³/mol. The van der Waals surface area contributed by atoms with Crippen LogP contribution >= 0.6 is 0 Å². The average molecular weight is 261 g/mol. The number of hydrogen-bond acceptors (Lipinski definition) is 2. The van der Waals surface area contributed by atoms with Gasteiger partial charge in [0.15, 0.2) is 0 Å². The molecule has 2 amide bonds. The minimum atomic E-state index is 0.0230. The normalized spacial score (nSPS) is 17.7. The lowest BCUT2D eigenvalue weighted by atomic mass is 9.94. The molecule has 1 aliphatic rings. The Hall–Kier alpha value is -1.55. The summed E-state index contributed by atoms with van der Waals surface area (Å²) in [6, 6.07) is 8.71. The molecule has 104 valence electrons. The summed E-state index contributed by atoms with van der Waals surface area (Å²) in [5.41, 5.74) is 2.71. The van der Waals surface area contributed by atoms with E-state index in [9.17, 15) is 4.79 Å². The number of nitrogens with one attached hydrogen (secondary N) is 2. The second-order valence-electron chi connectivity index (χ2n) is 4.81. The van der Waals surface area contributed by atoms with Gasteiger partial charge in [0.05, 0.1) is 0 Å². The number of carbonyl (C=O) groups is 1. The molecule has 0 aliphatic carbocycles. The minimum absolute atomic E-state index is 0.0230. The zero-order valence-corrected chi connectivity index (χ0v) is 11.8. The van der Waals surface area contributed by atoms with Gasteiger partial charge in [0, 0.05) is 25.7 Å². The third kappa shape index (κ3) is 3.26. The molecule has 0 spiro atoms. The standard InChI is InChI=1S/C15H23N3O/c1-3-18(4-2)15(19)17-11-14-13-8-6-5-7-12(13)9-10-16-14/h5-8,14,16H,3-4,9-11H2,1-2H3,(H,17,19). The summed E-state index contributed by atoms with van der Waals surface area (Å²) in [5, 5.41) is 6.49. The molecule has 0 radical (unpaired) electrons. The first-order valence-corrected chi connectivity index (χ1v) is 7.10. The largest absolute Gasteiger partial charge is 0.336 e. The fourth-order valence-corrected chi connectivity index (χ4v) is 2.59. The van der Waals surface area contributed by atoms with Crippen LogP contribution in [0.25, 0.3) is 0 Å². The van der Waals surface area contributed by atoms with E-state index in [-0.39, 0.29) is 12.1 Å². The predicted octanol–water partition coefficient (Wildman–Crippen LogP) is 1.92. The van der Waals surface area contributed by atoms with E-state index in [1.165, 1.54) is 11.1 Å². The molecule has 0 bridgehead atoms. The Balaban J connectivity index is 1.96. The van der Waals surface area contributed by atoms with Crippen molar-refractivity contribution in [2.75, 3.05) is 26.2 Å². The molecule has 1 aromatic carbocycles. The molecule has 1 aliphatic heterocycles. The zero-order valence-electron chi connectivity index (χ0n) is 11.8. The van der Waals surface area contributed by atoms with Crippen LogP contribution in [0.2, 0.25) is 0 Å². The first kappa shape index (κ1) is 13.9. The first-order valence-electron chi connectivity index (χ1n) is 7.10. The van der Waals surface area contributed by atoms with Gasteiger partial charge in [-0.2, -0.15) is 0 Å². The van der Waals surface area contributed by atoms with Gasteiger partial charge in [0.2, 0.25) is 0 Å². The Labute approximate surface area is 115 Å². The highest BCUT2D eigenvalue weighted by Crippen LogP contribution is 2.21. The molecule has 1 unspecified atom stereocenters. The quantitative estimate of drug-likeness (QED) is 0.870. The van der Waals surface area contributed by atoms with Crippen molar-refractivity contribution in [2.45, 2.75) is 26.3 Å². The number of carbonyl (C=O) groups excluding carboxylic acids is 1. The third-order valence-corrected chi connectivity index (χ3v) is 3.72. The number of hydrogen-bond donors (Lipinski definition) is 2. The van der Waals surface area contributed by atoms with Crippen molar-refractivity contribution in [3.8, 4) is 0 Å². The van der Waals surface area contributed by atoms with Crippen LogP contribution in [0.1, 0.15) is 31.0 Å². The molecule has 0 aromatic heterocycles. The minimum Gasteiger partial charge on any atom is -0.336 e. The number of amides is 2. The van der Waals surface area contributed by atoms with E-state index in [0.717, 1.165) is 26.1 Å². The van der Waals surface area contributed by atoms with Crippen LogP contribution in [0.3, 0.4) is 0 Å². The maximum atomic E-state index is 11.9. The fraction of sp³-hybridized carbons (Fsp3) is 0.533. The van der Waals surface area contributed by atoms with Crippen LogP contribution in [0, 0.1) is 0 Å². The molecule has 0 saturated carbocycles. The highest BCUT2D eigenvalue weighted by atomic mass is 16.2. The zero-order chi connectivity index (χ0) is 13.7. The Morgan fingerprint density at radius 1 is 1.37 bits per heavy atom. The SMILES string of the molecule is CCN(CC)C(=O)NCC1NCCc2ccccc21. The van der Waals surface area contributed by atoms with Gasteiger partial charge in [0.1, 0.15) is 0 Å². The molecule has 0 saturated heterocycles. The maximum absolute atomic E-state index is 11.9. The molecule has 4 heteroatoms. The number of nitrogens with zero attached hydrogens (tertiary/aromatic N) is 1. The second kappa shape index (κ2) is 6.57. The molecule has 0 fully saturated rings. The van der Waals surface area contributed by atoms with E-state index in [4.69, 9.17) is 0 Å². The van der Waals surface area contributed by atoms with E-state index in [2.05, 4.69) is 34.9 Å². The fourth-order valence-electron chi connectivity index (χ4n) is 2.59. The summed E-state index contributed by atoms with van der Waals surface area (Å²) in [6.07, 6.45) is 1.07. The van der Waals surface area contributed by atoms with Gasteiger partial charge in [-0.15, -0.1) is 0 Å². The third-order valence-electron chi connectivity index (χ3n) is 3.72. The van der Waals surface area contributed by atoms with Crippen molar-refractivity contribution in [2.24, 2.45) is 0 Å². The van der Waals surface area contributed by atoms with Crippen molar-refractivity contribution in [3.63, 3.8) is 0 Å². The lowest BCUT2D eigenvalue weighted by molar-refractivity contribution is 0.202. The van der Waals surface area contributed by atoms with E-state index >= 15 is 0 Å². The summed E-state index contributed by atoms with van der Waals surface area (Å²) in [5.74, 6) is 0. The summed E-state index contributed by atoms with van der Waals surface area (Å²) in [4.78, 5) is 13.7. The highest BCUT2D eigenvalue weighted by molar-refractivity contribution is 5.74. The van der Waals surface area contributed by atoms with Gasteiger partial charge in [0.25, 0.3) is 0 Å². The van der Waals surface area contributed by atoms with Gasteiger partial charge >= 0.3 is 6.03 Å². The first-order chi connectivity index (χ1) is 9.26. The molecule has 2 N–H and O–H groups in total. The van der Waals surface area contributed by atoms with Gasteiger partial charge < -0.3 is 15.5 Å². The van der Waals surface area contributed by atoms with E-state index < -0.39 is 0 Å². The van der Waals surface area contributed by atoms with Crippen LogP contribution in [-0.4, -0.2) is 37.1 Å². The van der Waals surface area contributed by atoms with Crippen molar-refractivity contribution >= 4 is 6.03 Å². The van der Waals surface area contributed by atoms with Gasteiger partial charge in [-0.25, -0.2) is 4.79 Å². The van der Waals surface area contributed by atoms with Crippen molar-refractivity contribution in [1.29, 1.82) is 0 Å². The molecular weight excluding hydrogens is 238 g/mol. The maximum Gasteiger partial charge on any atom is 0.317 e. The molecule has 1 aromatic rings. The van der Waals surface area contributed by atoms with Crippen molar-refractivity contribution < 1.29 is 4.79 Å². The Morgan fingerprint density at radius 3 is 2.84 bits per heavy atom. The molecule has 1 atom stereocenters. The Bertz CT molecular complexity index is 429. The molecule has 2 rings (SSSR count). The van der Waals surface area contributed by atoms with Crippen LogP contribution in [0.15, 0.2) is 24.3 Å². The second-order valence-corrected chi connectivity index (χ2v) is 4.81. The average Bonchev–Trinajstić information content (AvgIpc) is 2.46. The number of benzene rings is 1. The summed E-state index contributed by atoms with van der Waals surface area (Å²) in [7, 11) is 0. The monoisotopic (exact) mass is 261 g/mol. The Morgan fingerprint density at radius 2 is 2.11 bits per heavy atom. The number of urea groups is 1. The lowest BCUT2D eigenvalue weighted by Gasteiger charge is -2.28. The lowest BCUT2D eigenvalue weighted by Crippen LogP contribution is -2.44. The van der Waals surface area contributed by atoms with Gasteiger partial charge in [-0.05, 0) is 37.9 Å². The van der Waals surface area contributed by atoms with Crippen LogP contribution < -0.4 is 10.6 Å². The van der Waals surface area contributed by atoms with E-state index in [0.29, 0.717) is 6.54 Å².